The van der Waals surface area contributed by atoms with Gasteiger partial charge in [-0.3, -0.25) is 19.6 Å². The first kappa shape index (κ1) is 36.4. The van der Waals surface area contributed by atoms with E-state index in [2.05, 4.69) is 29.0 Å². The van der Waals surface area contributed by atoms with Gasteiger partial charge in [0.1, 0.15) is 19.0 Å². The summed E-state index contributed by atoms with van der Waals surface area (Å²) < 4.78 is 25.7. The second-order valence-electron chi connectivity index (χ2n) is 14.0. The van der Waals surface area contributed by atoms with E-state index in [-0.39, 0.29) is 36.8 Å². The summed E-state index contributed by atoms with van der Waals surface area (Å²) in [6.07, 6.45) is 6.82. The topological polar surface area (TPSA) is 140 Å². The Morgan fingerprint density at radius 1 is 0.804 bits per heavy atom. The van der Waals surface area contributed by atoms with Gasteiger partial charge >= 0.3 is 0 Å². The first-order chi connectivity index (χ1) is 27.2. The van der Waals surface area contributed by atoms with Crippen LogP contribution >= 0.6 is 0 Å². The van der Waals surface area contributed by atoms with Crippen LogP contribution in [0.25, 0.3) is 0 Å². The molecular weight excluding hydrogens is 713 g/mol. The van der Waals surface area contributed by atoms with E-state index < -0.39 is 0 Å². The number of hydrogen-bond acceptors (Lipinski definition) is 10. The summed E-state index contributed by atoms with van der Waals surface area (Å²) in [5, 5.41) is 10.7. The number of rotatable bonds is 11. The Balaban J connectivity index is 0.968. The molecule has 4 aromatic carbocycles. The second kappa shape index (κ2) is 15.2. The summed E-state index contributed by atoms with van der Waals surface area (Å²) >= 11 is 0. The van der Waals surface area contributed by atoms with Gasteiger partial charge in [-0.15, -0.1) is 0 Å². The Labute approximate surface area is 324 Å². The fraction of sp³-hybridized carbons (Fsp3) is 0.279. The van der Waals surface area contributed by atoms with Crippen LogP contribution in [0.15, 0.2) is 83.0 Å². The number of imidazole rings is 1. The van der Waals surface area contributed by atoms with Gasteiger partial charge in [0.05, 0.1) is 67.9 Å². The minimum absolute atomic E-state index is 0.0368. The summed E-state index contributed by atoms with van der Waals surface area (Å²) in [6.45, 7) is 3.51. The van der Waals surface area contributed by atoms with Crippen LogP contribution in [0.5, 0.6) is 28.7 Å². The van der Waals surface area contributed by atoms with Gasteiger partial charge in [0.25, 0.3) is 11.8 Å². The molecule has 0 bridgehead atoms. The third kappa shape index (κ3) is 7.03. The van der Waals surface area contributed by atoms with Crippen LogP contribution in [0.4, 0.5) is 11.4 Å². The molecule has 13 heteroatoms. The van der Waals surface area contributed by atoms with E-state index in [0.717, 1.165) is 23.4 Å². The molecule has 1 aromatic heterocycles. The molecule has 1 atom stereocenters. The van der Waals surface area contributed by atoms with Crippen molar-refractivity contribution < 1.29 is 33.6 Å². The lowest BCUT2D eigenvalue weighted by atomic mass is 10.0. The number of carbonyl (C=O) groups excluding carboxylic acids is 2. The maximum Gasteiger partial charge on any atom is 0.257 e. The van der Waals surface area contributed by atoms with Crippen molar-refractivity contribution in [2.24, 2.45) is 17.0 Å². The highest BCUT2D eigenvalue weighted by atomic mass is 16.5. The summed E-state index contributed by atoms with van der Waals surface area (Å²) in [4.78, 5) is 44.9. The molecule has 13 nitrogen and oxygen atoms in total. The highest BCUT2D eigenvalue weighted by Crippen LogP contribution is 2.40. The molecule has 56 heavy (non-hydrogen) atoms. The van der Waals surface area contributed by atoms with Crippen LogP contribution in [0.3, 0.4) is 0 Å². The Morgan fingerprint density at radius 2 is 1.45 bits per heavy atom. The van der Waals surface area contributed by atoms with Gasteiger partial charge in [-0.1, -0.05) is 31.2 Å². The van der Waals surface area contributed by atoms with E-state index in [4.69, 9.17) is 23.9 Å². The molecule has 0 fully saturated rings. The van der Waals surface area contributed by atoms with Crippen molar-refractivity contribution in [2.75, 3.05) is 20.8 Å². The van der Waals surface area contributed by atoms with Crippen molar-refractivity contribution in [1.29, 1.82) is 0 Å². The number of phenols is 1. The Morgan fingerprint density at radius 3 is 2.11 bits per heavy atom. The number of methoxy groups -OCH3 is 2. The van der Waals surface area contributed by atoms with Gasteiger partial charge in [-0.05, 0) is 59.0 Å². The zero-order chi connectivity index (χ0) is 38.9. The average molecular weight is 755 g/mol. The number of aromatic nitrogens is 2. The van der Waals surface area contributed by atoms with E-state index in [9.17, 15) is 14.7 Å². The van der Waals surface area contributed by atoms with Gasteiger partial charge in [0, 0.05) is 50.3 Å². The number of amides is 2. The molecule has 0 saturated heterocycles. The lowest BCUT2D eigenvalue weighted by Gasteiger charge is -2.32. The maximum atomic E-state index is 13.8. The molecule has 1 unspecified atom stereocenters. The molecule has 0 radical (unpaired) electrons. The maximum absolute atomic E-state index is 13.8. The van der Waals surface area contributed by atoms with Gasteiger partial charge in [0.2, 0.25) is 0 Å². The Kier molecular flexibility index (Phi) is 9.90. The minimum Gasteiger partial charge on any atom is -0.508 e. The predicted molar refractivity (Wildman–Crippen MR) is 210 cm³/mol. The molecule has 286 valence electrons. The van der Waals surface area contributed by atoms with Gasteiger partial charge in [-0.2, -0.15) is 0 Å². The molecular formula is C43H42N6O7. The fourth-order valence-corrected chi connectivity index (χ4v) is 7.48. The molecule has 3 aliphatic heterocycles. The predicted octanol–water partition coefficient (Wildman–Crippen LogP) is 6.50. The number of aromatic hydroxyl groups is 1. The first-order valence-electron chi connectivity index (χ1n) is 18.5. The average Bonchev–Trinajstić information content (AvgIpc) is 3.43. The lowest BCUT2D eigenvalue weighted by Crippen LogP contribution is -2.44. The van der Waals surface area contributed by atoms with E-state index >= 15 is 0 Å². The number of aliphatic imine (C=N–C) groups is 2. The molecule has 0 saturated carbocycles. The van der Waals surface area contributed by atoms with Crippen LogP contribution in [0.1, 0.15) is 61.3 Å². The zero-order valence-corrected chi connectivity index (χ0v) is 31.7. The summed E-state index contributed by atoms with van der Waals surface area (Å²) in [5.74, 6) is 1.32. The Hall–Kier alpha value is -6.63. The lowest BCUT2D eigenvalue weighted by molar-refractivity contribution is 0.0698. The Bertz CT molecular complexity index is 2400. The fourth-order valence-electron chi connectivity index (χ4n) is 7.48. The monoisotopic (exact) mass is 754 g/mol. The molecule has 5 aromatic rings. The minimum atomic E-state index is -0.202. The van der Waals surface area contributed by atoms with Gasteiger partial charge in [-0.25, -0.2) is 4.98 Å². The van der Waals surface area contributed by atoms with Crippen LogP contribution in [-0.2, 0) is 46.2 Å². The SMILES string of the molecule is CCc1ccccc1CN1CC=Nc2cc(OCc3cc(O)cc(COc4cc5c(cc4OC)C(=O)N4Cc6ncn(C)c6CC4C=N5)c3)c(OC)cc2C1=O. The van der Waals surface area contributed by atoms with Crippen molar-refractivity contribution in [2.45, 2.75) is 52.1 Å². The second-order valence-corrected chi connectivity index (χ2v) is 14.0. The molecule has 2 amide bonds. The summed E-state index contributed by atoms with van der Waals surface area (Å²) in [5.41, 5.74) is 7.45. The number of aryl methyl sites for hydroxylation is 2. The van der Waals surface area contributed by atoms with Crippen molar-refractivity contribution in [3.05, 3.63) is 118 Å². The molecule has 4 heterocycles. The van der Waals surface area contributed by atoms with Crippen molar-refractivity contribution >= 4 is 35.6 Å². The number of benzene rings is 4. The van der Waals surface area contributed by atoms with Crippen LogP contribution in [0.2, 0.25) is 0 Å². The number of fused-ring (bicyclic) bond motifs is 4. The van der Waals surface area contributed by atoms with Crippen LogP contribution in [-0.4, -0.2) is 75.5 Å². The van der Waals surface area contributed by atoms with E-state index in [0.29, 0.717) is 82.7 Å². The molecule has 1 N–H and O–H groups in total. The quantitative estimate of drug-likeness (QED) is 0.161. The molecule has 8 rings (SSSR count). The number of carbonyl (C=O) groups is 2. The smallest absolute Gasteiger partial charge is 0.257 e. The van der Waals surface area contributed by atoms with Crippen LogP contribution in [0, 0.1) is 0 Å². The van der Waals surface area contributed by atoms with Crippen LogP contribution < -0.4 is 18.9 Å². The highest BCUT2D eigenvalue weighted by molar-refractivity contribution is 6.04. The highest BCUT2D eigenvalue weighted by Gasteiger charge is 2.35. The standard InChI is InChI=1S/C43H42N6O7/c1-5-28-8-6-7-9-29(28)21-48-11-10-44-34-18-40(38(53-3)16-32(34)42(48)51)55-23-26-12-27(14-31(50)13-26)24-56-41-19-35-33(17-39(41)54-4)43(52)49-22-36-37(47(2)25-46-36)15-30(49)20-45-35/h6-10,12-14,16-20,25,30,50H,5,11,15,21-24H2,1-4H3. The normalized spacial score (nSPS) is 15.7. The zero-order valence-electron chi connectivity index (χ0n) is 31.7. The number of nitrogens with zero attached hydrogens (tertiary/aromatic N) is 6. The summed E-state index contributed by atoms with van der Waals surface area (Å²) in [6, 6.07) is 19.8. The van der Waals surface area contributed by atoms with E-state index in [1.54, 1.807) is 58.7 Å². The third-order valence-corrected chi connectivity index (χ3v) is 10.4. The largest absolute Gasteiger partial charge is 0.508 e. The molecule has 3 aliphatic rings. The van der Waals surface area contributed by atoms with Crippen molar-refractivity contribution in [3.8, 4) is 28.7 Å². The van der Waals surface area contributed by atoms with E-state index in [1.807, 2.05) is 36.0 Å². The molecule has 0 aliphatic carbocycles. The number of hydrogen-bond donors (Lipinski definition) is 1. The van der Waals surface area contributed by atoms with Crippen molar-refractivity contribution in [3.63, 3.8) is 0 Å². The molecule has 0 spiro atoms. The number of ether oxygens (including phenoxy) is 4. The summed E-state index contributed by atoms with van der Waals surface area (Å²) in [7, 11) is 5.00. The third-order valence-electron chi connectivity index (χ3n) is 10.4. The number of phenolic OH excluding ortho intramolecular Hbond substituents is 1. The first-order valence-corrected chi connectivity index (χ1v) is 18.5. The van der Waals surface area contributed by atoms with Gasteiger partial charge < -0.3 is 38.4 Å². The van der Waals surface area contributed by atoms with Crippen molar-refractivity contribution in [1.82, 2.24) is 19.4 Å². The van der Waals surface area contributed by atoms with Gasteiger partial charge in [0.15, 0.2) is 23.0 Å². The van der Waals surface area contributed by atoms with E-state index in [1.165, 1.54) is 19.8 Å².